The molecule has 0 unspecified atom stereocenters. The number of carbonyl (C=O) groups excluding carboxylic acids is 1. The highest BCUT2D eigenvalue weighted by Crippen LogP contribution is 2.36. The zero-order valence-electron chi connectivity index (χ0n) is 19.9. The maximum Gasteiger partial charge on any atom is 0.387 e. The average Bonchev–Trinajstić information content (AvgIpc) is 3.33. The topological polar surface area (TPSA) is 111 Å². The molecule has 3 aromatic heterocycles. The highest BCUT2D eigenvalue weighted by Gasteiger charge is 2.22. The summed E-state index contributed by atoms with van der Waals surface area (Å²) < 4.78 is 46.4. The minimum Gasteiger partial charge on any atom is -0.434 e. The van der Waals surface area contributed by atoms with Crippen molar-refractivity contribution >= 4 is 29.1 Å². The summed E-state index contributed by atoms with van der Waals surface area (Å²) in [5.74, 6) is -1.51. The molecular formula is C24H20ClF3N8O2. The molecule has 1 amide bonds. The summed E-state index contributed by atoms with van der Waals surface area (Å²) in [6.07, 6.45) is 9.95. The third-order valence-corrected chi connectivity index (χ3v) is 6.22. The van der Waals surface area contributed by atoms with E-state index in [4.69, 9.17) is 11.6 Å². The van der Waals surface area contributed by atoms with Gasteiger partial charge in [-0.05, 0) is 25.5 Å². The molecule has 1 aromatic carbocycles. The highest BCUT2D eigenvalue weighted by molar-refractivity contribution is 6.31. The van der Waals surface area contributed by atoms with Gasteiger partial charge in [0, 0.05) is 37.2 Å². The van der Waals surface area contributed by atoms with Crippen molar-refractivity contribution in [3.63, 3.8) is 0 Å². The minimum atomic E-state index is -3.21. The summed E-state index contributed by atoms with van der Waals surface area (Å²) >= 11 is 5.82. The van der Waals surface area contributed by atoms with Crippen LogP contribution < -0.4 is 15.0 Å². The summed E-state index contributed by atoms with van der Waals surface area (Å²) in [6, 6.07) is 1.95. The van der Waals surface area contributed by atoms with Crippen LogP contribution in [0.15, 0.2) is 49.3 Å². The molecule has 1 N–H and O–H groups in total. The van der Waals surface area contributed by atoms with Gasteiger partial charge in [0.2, 0.25) is 5.95 Å². The molecule has 1 aliphatic heterocycles. The van der Waals surface area contributed by atoms with E-state index < -0.39 is 29.6 Å². The molecule has 0 saturated carbocycles. The summed E-state index contributed by atoms with van der Waals surface area (Å²) in [5.41, 5.74) is 0.353. The number of benzene rings is 1. The van der Waals surface area contributed by atoms with Crippen molar-refractivity contribution in [3.05, 3.63) is 71.4 Å². The van der Waals surface area contributed by atoms with Crippen molar-refractivity contribution in [3.8, 4) is 17.0 Å². The van der Waals surface area contributed by atoms with Gasteiger partial charge in [-0.1, -0.05) is 11.6 Å². The molecule has 14 heteroatoms. The monoisotopic (exact) mass is 544 g/mol. The van der Waals surface area contributed by atoms with Gasteiger partial charge in [-0.2, -0.15) is 13.9 Å². The Labute approximate surface area is 219 Å². The Morgan fingerprint density at radius 2 is 1.89 bits per heavy atom. The lowest BCUT2D eigenvalue weighted by Gasteiger charge is -2.30. The van der Waals surface area contributed by atoms with Gasteiger partial charge < -0.3 is 15.0 Å². The Morgan fingerprint density at radius 3 is 2.58 bits per heavy atom. The fourth-order valence-corrected chi connectivity index (χ4v) is 3.91. The number of halogens is 4. The van der Waals surface area contributed by atoms with Crippen molar-refractivity contribution in [2.24, 2.45) is 0 Å². The molecule has 0 bridgehead atoms. The smallest absolute Gasteiger partial charge is 0.387 e. The number of carbonyl (C=O) groups is 1. The number of rotatable bonds is 8. The van der Waals surface area contributed by atoms with Crippen molar-refractivity contribution in [1.82, 2.24) is 29.7 Å². The second-order valence-electron chi connectivity index (χ2n) is 8.40. The molecule has 0 aliphatic carbocycles. The third kappa shape index (κ3) is 5.23. The van der Waals surface area contributed by atoms with Crippen LogP contribution in [0, 0.1) is 5.82 Å². The molecule has 196 valence electrons. The van der Waals surface area contributed by atoms with Crippen LogP contribution in [0.3, 0.4) is 0 Å². The maximum absolute atomic E-state index is 14.7. The zero-order chi connectivity index (χ0) is 26.8. The van der Waals surface area contributed by atoms with E-state index in [1.165, 1.54) is 6.20 Å². The normalized spacial score (nSPS) is 13.8. The van der Waals surface area contributed by atoms with Gasteiger partial charge >= 0.3 is 6.61 Å². The minimum absolute atomic E-state index is 0.194. The standard InChI is InChI=1S/C24H20ClF3N8O2/c1-13(14-7-30-24(31-8-14)35-5-2-6-35)36-12-15(9-32-36)33-22(37)18-11-29-10-17(34-18)20-19(38-23(27)28)4-3-16(25)21(20)26/h3-4,7-13,23H,2,5-6H2,1H3,(H,33,37)/t13-/m0/s1. The average molecular weight is 545 g/mol. The van der Waals surface area contributed by atoms with E-state index in [-0.39, 0.29) is 22.5 Å². The van der Waals surface area contributed by atoms with Crippen LogP contribution in [0.1, 0.15) is 35.4 Å². The molecule has 0 radical (unpaired) electrons. The SMILES string of the molecule is C[C@@H](c1cnc(N2CCC2)nc1)n1cc(NC(=O)c2cncc(-c3c(OC(F)F)ccc(Cl)c3F)n2)cn1. The number of ether oxygens (including phenoxy) is 1. The third-order valence-electron chi connectivity index (χ3n) is 5.93. The van der Waals surface area contributed by atoms with Crippen molar-refractivity contribution in [2.75, 3.05) is 23.3 Å². The largest absolute Gasteiger partial charge is 0.434 e. The van der Waals surface area contributed by atoms with Crippen LogP contribution in [-0.2, 0) is 0 Å². The Balaban J connectivity index is 1.32. The molecule has 4 heterocycles. The number of nitrogens with one attached hydrogen (secondary N) is 1. The summed E-state index contributed by atoms with van der Waals surface area (Å²) in [7, 11) is 0. The lowest BCUT2D eigenvalue weighted by atomic mass is 10.1. The first-order valence-corrected chi connectivity index (χ1v) is 11.9. The molecule has 1 atom stereocenters. The van der Waals surface area contributed by atoms with Crippen molar-refractivity contribution in [2.45, 2.75) is 26.0 Å². The van der Waals surface area contributed by atoms with Gasteiger partial charge in [0.05, 0.1) is 46.6 Å². The molecule has 4 aromatic rings. The first-order valence-electron chi connectivity index (χ1n) is 11.5. The van der Waals surface area contributed by atoms with Crippen molar-refractivity contribution < 1.29 is 22.7 Å². The molecule has 5 rings (SSSR count). The lowest BCUT2D eigenvalue weighted by Crippen LogP contribution is -2.38. The Hall–Kier alpha value is -4.26. The Bertz CT molecular complexity index is 1460. The second-order valence-corrected chi connectivity index (χ2v) is 8.81. The number of aromatic nitrogens is 6. The number of alkyl halides is 2. The fraction of sp³-hybridized carbons (Fsp3) is 0.250. The first kappa shape index (κ1) is 25.4. The number of nitrogens with zero attached hydrogens (tertiary/aromatic N) is 7. The van der Waals surface area contributed by atoms with Crippen LogP contribution in [0.25, 0.3) is 11.3 Å². The summed E-state index contributed by atoms with van der Waals surface area (Å²) in [6.45, 7) is 0.595. The van der Waals surface area contributed by atoms with Gasteiger partial charge in [0.25, 0.3) is 5.91 Å². The van der Waals surface area contributed by atoms with E-state index in [1.54, 1.807) is 23.3 Å². The van der Waals surface area contributed by atoms with E-state index in [1.807, 2.05) is 6.92 Å². The molecule has 1 aliphatic rings. The number of amides is 1. The molecular weight excluding hydrogens is 525 g/mol. The number of hydrogen-bond acceptors (Lipinski definition) is 8. The maximum atomic E-state index is 14.7. The number of hydrogen-bond donors (Lipinski definition) is 1. The van der Waals surface area contributed by atoms with E-state index in [9.17, 15) is 18.0 Å². The summed E-state index contributed by atoms with van der Waals surface area (Å²) in [4.78, 5) is 31.7. The lowest BCUT2D eigenvalue weighted by molar-refractivity contribution is -0.0495. The second kappa shape index (κ2) is 10.6. The van der Waals surface area contributed by atoms with Crippen molar-refractivity contribution in [1.29, 1.82) is 0 Å². The molecule has 10 nitrogen and oxygen atoms in total. The molecule has 1 fully saturated rings. The van der Waals surface area contributed by atoms with Gasteiger partial charge in [-0.15, -0.1) is 0 Å². The quantitative estimate of drug-likeness (QED) is 0.343. The predicted octanol–water partition coefficient (Wildman–Crippen LogP) is 4.60. The van der Waals surface area contributed by atoms with Crippen LogP contribution in [0.5, 0.6) is 5.75 Å². The highest BCUT2D eigenvalue weighted by atomic mass is 35.5. The van der Waals surface area contributed by atoms with Gasteiger partial charge in [0.15, 0.2) is 5.82 Å². The van der Waals surface area contributed by atoms with Gasteiger partial charge in [0.1, 0.15) is 11.4 Å². The molecule has 38 heavy (non-hydrogen) atoms. The Kier molecular flexibility index (Phi) is 7.09. The first-order chi connectivity index (χ1) is 18.3. The van der Waals surface area contributed by atoms with Gasteiger partial charge in [-0.25, -0.2) is 19.3 Å². The zero-order valence-corrected chi connectivity index (χ0v) is 20.6. The van der Waals surface area contributed by atoms with E-state index in [2.05, 4.69) is 40.0 Å². The van der Waals surface area contributed by atoms with E-state index >= 15 is 0 Å². The summed E-state index contributed by atoms with van der Waals surface area (Å²) in [5, 5.41) is 6.61. The van der Waals surface area contributed by atoms with E-state index in [0.29, 0.717) is 11.6 Å². The Morgan fingerprint density at radius 1 is 1.13 bits per heavy atom. The molecule has 0 spiro atoms. The van der Waals surface area contributed by atoms with Crippen LogP contribution >= 0.6 is 11.6 Å². The molecule has 1 saturated heterocycles. The van der Waals surface area contributed by atoms with Crippen LogP contribution in [0.2, 0.25) is 5.02 Å². The predicted molar refractivity (Wildman–Crippen MR) is 132 cm³/mol. The van der Waals surface area contributed by atoms with Crippen LogP contribution in [-0.4, -0.2) is 55.3 Å². The number of anilines is 2. The van der Waals surface area contributed by atoms with Gasteiger partial charge in [-0.3, -0.25) is 14.5 Å². The van der Waals surface area contributed by atoms with Crippen LogP contribution in [0.4, 0.5) is 24.8 Å². The fourth-order valence-electron chi connectivity index (χ4n) is 3.75. The van der Waals surface area contributed by atoms with E-state index in [0.717, 1.165) is 49.6 Å².